The Hall–Kier alpha value is -0.870. The van der Waals surface area contributed by atoms with Crippen LogP contribution >= 0.6 is 15.9 Å². The first-order valence-corrected chi connectivity index (χ1v) is 7.58. The molecule has 1 heterocycles. The highest BCUT2D eigenvalue weighted by atomic mass is 79.9. The van der Waals surface area contributed by atoms with Gasteiger partial charge in [-0.25, -0.2) is 0 Å². The van der Waals surface area contributed by atoms with Gasteiger partial charge in [0.15, 0.2) is 0 Å². The SMILES string of the molecule is C[C@H]1C[C@@H](C(=O)N(C)Cc2ccc(Br)cc2)CCN1. The van der Waals surface area contributed by atoms with E-state index in [1.807, 2.05) is 24.1 Å². The predicted molar refractivity (Wildman–Crippen MR) is 80.8 cm³/mol. The van der Waals surface area contributed by atoms with Crippen LogP contribution in [0.3, 0.4) is 0 Å². The molecule has 0 unspecified atom stereocenters. The average Bonchev–Trinajstić information content (AvgIpc) is 2.40. The summed E-state index contributed by atoms with van der Waals surface area (Å²) in [7, 11) is 1.90. The van der Waals surface area contributed by atoms with Crippen molar-refractivity contribution < 1.29 is 4.79 Å². The quantitative estimate of drug-likeness (QED) is 0.927. The molecular weight excluding hydrogens is 304 g/mol. The summed E-state index contributed by atoms with van der Waals surface area (Å²) in [4.78, 5) is 14.3. The minimum Gasteiger partial charge on any atom is -0.341 e. The third-order valence-electron chi connectivity index (χ3n) is 3.68. The van der Waals surface area contributed by atoms with Gasteiger partial charge in [-0.05, 0) is 44.0 Å². The van der Waals surface area contributed by atoms with Crippen molar-refractivity contribution in [3.8, 4) is 0 Å². The number of carbonyl (C=O) groups excluding carboxylic acids is 1. The summed E-state index contributed by atoms with van der Waals surface area (Å²) in [6, 6.07) is 8.59. The van der Waals surface area contributed by atoms with Crippen molar-refractivity contribution in [2.45, 2.75) is 32.4 Å². The van der Waals surface area contributed by atoms with Crippen LogP contribution in [0.5, 0.6) is 0 Å². The molecule has 1 aromatic carbocycles. The van der Waals surface area contributed by atoms with Crippen molar-refractivity contribution in [3.05, 3.63) is 34.3 Å². The fraction of sp³-hybridized carbons (Fsp3) is 0.533. The standard InChI is InChI=1S/C15H21BrN2O/c1-11-9-13(7-8-17-11)15(19)18(2)10-12-3-5-14(16)6-4-12/h3-6,11,13,17H,7-10H2,1-2H3/t11-,13-/m0/s1. The molecule has 19 heavy (non-hydrogen) atoms. The second kappa shape index (κ2) is 6.53. The molecule has 2 atom stereocenters. The second-order valence-electron chi connectivity index (χ2n) is 5.40. The van der Waals surface area contributed by atoms with Crippen LogP contribution in [0.1, 0.15) is 25.3 Å². The number of rotatable bonds is 3. The van der Waals surface area contributed by atoms with E-state index in [9.17, 15) is 4.79 Å². The van der Waals surface area contributed by atoms with E-state index < -0.39 is 0 Å². The highest BCUT2D eigenvalue weighted by Gasteiger charge is 2.26. The summed E-state index contributed by atoms with van der Waals surface area (Å²) in [5.74, 6) is 0.452. The van der Waals surface area contributed by atoms with Crippen LogP contribution in [0.25, 0.3) is 0 Å². The molecule has 3 nitrogen and oxygen atoms in total. The van der Waals surface area contributed by atoms with Crippen LogP contribution in [0.2, 0.25) is 0 Å². The van der Waals surface area contributed by atoms with Gasteiger partial charge in [0.1, 0.15) is 0 Å². The first-order valence-electron chi connectivity index (χ1n) is 6.79. The third-order valence-corrected chi connectivity index (χ3v) is 4.21. The Balaban J connectivity index is 1.93. The Labute approximate surface area is 123 Å². The molecule has 1 fully saturated rings. The van der Waals surface area contributed by atoms with Gasteiger partial charge in [-0.2, -0.15) is 0 Å². The fourth-order valence-corrected chi connectivity index (χ4v) is 2.87. The first-order chi connectivity index (χ1) is 9.06. The molecule has 1 aliphatic rings. The number of halogens is 1. The Morgan fingerprint density at radius 3 is 2.74 bits per heavy atom. The Kier molecular flexibility index (Phi) is 4.99. The highest BCUT2D eigenvalue weighted by molar-refractivity contribution is 9.10. The van der Waals surface area contributed by atoms with Gasteiger partial charge < -0.3 is 10.2 Å². The Bertz CT molecular complexity index is 432. The number of carbonyl (C=O) groups is 1. The van der Waals surface area contributed by atoms with Crippen molar-refractivity contribution in [1.29, 1.82) is 0 Å². The van der Waals surface area contributed by atoms with Gasteiger partial charge in [0.05, 0.1) is 0 Å². The lowest BCUT2D eigenvalue weighted by atomic mass is 9.92. The smallest absolute Gasteiger partial charge is 0.225 e. The van der Waals surface area contributed by atoms with Crippen LogP contribution in [-0.4, -0.2) is 30.4 Å². The summed E-state index contributed by atoms with van der Waals surface area (Å²) >= 11 is 3.42. The largest absolute Gasteiger partial charge is 0.341 e. The molecule has 0 spiro atoms. The molecule has 1 amide bonds. The van der Waals surface area contributed by atoms with E-state index in [0.29, 0.717) is 12.6 Å². The van der Waals surface area contributed by atoms with Gasteiger partial charge in [-0.1, -0.05) is 28.1 Å². The molecule has 1 saturated heterocycles. The number of nitrogens with one attached hydrogen (secondary N) is 1. The molecule has 0 radical (unpaired) electrons. The topological polar surface area (TPSA) is 32.3 Å². The molecular formula is C15H21BrN2O. The lowest BCUT2D eigenvalue weighted by Gasteiger charge is -2.30. The van der Waals surface area contributed by atoms with E-state index in [1.54, 1.807) is 0 Å². The Morgan fingerprint density at radius 2 is 2.11 bits per heavy atom. The Morgan fingerprint density at radius 1 is 1.42 bits per heavy atom. The molecule has 104 valence electrons. The molecule has 0 aromatic heterocycles. The number of benzene rings is 1. The predicted octanol–water partition coefficient (Wildman–Crippen LogP) is 2.80. The van der Waals surface area contributed by atoms with Crippen molar-refractivity contribution in [1.82, 2.24) is 10.2 Å². The molecule has 1 N–H and O–H groups in total. The van der Waals surface area contributed by atoms with Gasteiger partial charge >= 0.3 is 0 Å². The zero-order valence-corrected chi connectivity index (χ0v) is 13.1. The molecule has 2 rings (SSSR count). The summed E-state index contributed by atoms with van der Waals surface area (Å²) in [5.41, 5.74) is 1.17. The van der Waals surface area contributed by atoms with Crippen LogP contribution < -0.4 is 5.32 Å². The van der Waals surface area contributed by atoms with Crippen molar-refractivity contribution in [3.63, 3.8) is 0 Å². The summed E-state index contributed by atoms with van der Waals surface area (Å²) in [5, 5.41) is 3.39. The normalized spacial score (nSPS) is 23.1. The third kappa shape index (κ3) is 4.05. The van der Waals surface area contributed by atoms with Gasteiger partial charge in [-0.15, -0.1) is 0 Å². The minimum absolute atomic E-state index is 0.177. The van der Waals surface area contributed by atoms with E-state index in [1.165, 1.54) is 5.56 Å². The molecule has 1 aliphatic heterocycles. The number of amides is 1. The van der Waals surface area contributed by atoms with Crippen LogP contribution in [-0.2, 0) is 11.3 Å². The van der Waals surface area contributed by atoms with Crippen molar-refractivity contribution in [2.75, 3.05) is 13.6 Å². The van der Waals surface area contributed by atoms with Crippen molar-refractivity contribution >= 4 is 21.8 Å². The monoisotopic (exact) mass is 324 g/mol. The zero-order valence-electron chi connectivity index (χ0n) is 11.5. The second-order valence-corrected chi connectivity index (χ2v) is 6.31. The van der Waals surface area contributed by atoms with E-state index in [-0.39, 0.29) is 11.8 Å². The average molecular weight is 325 g/mol. The van der Waals surface area contributed by atoms with Gasteiger partial charge in [0, 0.05) is 30.0 Å². The highest BCUT2D eigenvalue weighted by Crippen LogP contribution is 2.19. The van der Waals surface area contributed by atoms with E-state index in [4.69, 9.17) is 0 Å². The maximum atomic E-state index is 12.4. The fourth-order valence-electron chi connectivity index (χ4n) is 2.61. The summed E-state index contributed by atoms with van der Waals surface area (Å²) in [6.45, 7) is 3.78. The molecule has 1 aromatic rings. The number of piperidine rings is 1. The van der Waals surface area contributed by atoms with Crippen LogP contribution in [0.4, 0.5) is 0 Å². The maximum absolute atomic E-state index is 12.4. The van der Waals surface area contributed by atoms with Crippen molar-refractivity contribution in [2.24, 2.45) is 5.92 Å². The first kappa shape index (κ1) is 14.5. The van der Waals surface area contributed by atoms with Gasteiger partial charge in [0.25, 0.3) is 0 Å². The lowest BCUT2D eigenvalue weighted by molar-refractivity contribution is -0.135. The molecule has 0 aliphatic carbocycles. The molecule has 0 saturated carbocycles. The lowest BCUT2D eigenvalue weighted by Crippen LogP contribution is -2.42. The molecule has 4 heteroatoms. The van der Waals surface area contributed by atoms with Gasteiger partial charge in [0.2, 0.25) is 5.91 Å². The molecule has 0 bridgehead atoms. The van der Waals surface area contributed by atoms with E-state index in [0.717, 1.165) is 23.9 Å². The number of hydrogen-bond donors (Lipinski definition) is 1. The number of hydrogen-bond acceptors (Lipinski definition) is 2. The zero-order chi connectivity index (χ0) is 13.8. The van der Waals surface area contributed by atoms with Crippen LogP contribution in [0, 0.1) is 5.92 Å². The number of nitrogens with zero attached hydrogens (tertiary/aromatic N) is 1. The maximum Gasteiger partial charge on any atom is 0.225 e. The van der Waals surface area contributed by atoms with E-state index in [2.05, 4.69) is 40.3 Å². The van der Waals surface area contributed by atoms with Crippen LogP contribution in [0.15, 0.2) is 28.7 Å². The summed E-state index contributed by atoms with van der Waals surface area (Å²) < 4.78 is 1.07. The minimum atomic E-state index is 0.177. The summed E-state index contributed by atoms with van der Waals surface area (Å²) in [6.07, 6.45) is 1.90. The van der Waals surface area contributed by atoms with Gasteiger partial charge in [-0.3, -0.25) is 4.79 Å². The van der Waals surface area contributed by atoms with E-state index >= 15 is 0 Å².